The van der Waals surface area contributed by atoms with Gasteiger partial charge in [-0.15, -0.1) is 0 Å². The summed E-state index contributed by atoms with van der Waals surface area (Å²) in [7, 11) is 0. The van der Waals surface area contributed by atoms with Gasteiger partial charge in [0.2, 0.25) is 5.91 Å². The van der Waals surface area contributed by atoms with Gasteiger partial charge in [-0.3, -0.25) is 9.69 Å². The van der Waals surface area contributed by atoms with Crippen LogP contribution in [0.1, 0.15) is 71.0 Å². The zero-order valence-electron chi connectivity index (χ0n) is 23.8. The molecule has 6 heteroatoms. The number of hydrogen-bond donors (Lipinski definition) is 0. The molecule has 0 N–H and O–H groups in total. The smallest absolute Gasteiger partial charge is 0.410 e. The summed E-state index contributed by atoms with van der Waals surface area (Å²) < 4.78 is 5.53. The molecule has 38 heavy (non-hydrogen) atoms. The second-order valence-electron chi connectivity index (χ2n) is 12.2. The van der Waals surface area contributed by atoms with Crippen molar-refractivity contribution in [2.24, 2.45) is 11.8 Å². The third-order valence-corrected chi connectivity index (χ3v) is 7.87. The van der Waals surface area contributed by atoms with Gasteiger partial charge < -0.3 is 14.5 Å². The zero-order chi connectivity index (χ0) is 27.3. The molecule has 0 aromatic heterocycles. The van der Waals surface area contributed by atoms with E-state index in [1.165, 1.54) is 11.1 Å². The summed E-state index contributed by atoms with van der Waals surface area (Å²) in [6.07, 6.45) is 2.01. The average molecular weight is 520 g/mol. The van der Waals surface area contributed by atoms with Crippen LogP contribution in [0.5, 0.6) is 0 Å². The summed E-state index contributed by atoms with van der Waals surface area (Å²) in [6.45, 7) is 13.9. The molecule has 2 aliphatic rings. The first-order chi connectivity index (χ1) is 18.1. The van der Waals surface area contributed by atoms with Crippen molar-refractivity contribution >= 4 is 12.0 Å². The fraction of sp³-hybridized carbons (Fsp3) is 0.562. The zero-order valence-corrected chi connectivity index (χ0v) is 23.8. The number of carbonyl (C=O) groups excluding carboxylic acids is 2. The molecular formula is C32H45N3O3. The Balaban J connectivity index is 1.39. The number of piperidine rings is 1. The normalized spacial score (nSPS) is 19.7. The topological polar surface area (TPSA) is 53.1 Å². The van der Waals surface area contributed by atoms with Gasteiger partial charge in [-0.1, -0.05) is 74.5 Å². The van der Waals surface area contributed by atoms with Crippen LogP contribution in [-0.4, -0.2) is 71.1 Å². The fourth-order valence-electron chi connectivity index (χ4n) is 5.84. The van der Waals surface area contributed by atoms with Crippen LogP contribution < -0.4 is 0 Å². The second-order valence-corrected chi connectivity index (χ2v) is 12.2. The lowest BCUT2D eigenvalue weighted by Crippen LogP contribution is -2.58. The lowest BCUT2D eigenvalue weighted by atomic mass is 9.90. The van der Waals surface area contributed by atoms with E-state index in [9.17, 15) is 9.59 Å². The van der Waals surface area contributed by atoms with Crippen molar-refractivity contribution in [2.75, 3.05) is 32.7 Å². The first kappa shape index (κ1) is 28.2. The summed E-state index contributed by atoms with van der Waals surface area (Å²) in [5.74, 6) is 0.936. The number of likely N-dealkylation sites (tertiary alicyclic amines) is 1. The molecule has 0 aliphatic carbocycles. The molecule has 2 saturated heterocycles. The van der Waals surface area contributed by atoms with Crippen LogP contribution in [-0.2, 0) is 9.53 Å². The number of benzene rings is 2. The van der Waals surface area contributed by atoms with Crippen LogP contribution in [0.2, 0.25) is 0 Å². The molecule has 6 nitrogen and oxygen atoms in total. The molecule has 2 aliphatic heterocycles. The Bertz CT molecular complexity index is 1000. The Labute approximate surface area is 228 Å². The summed E-state index contributed by atoms with van der Waals surface area (Å²) in [6, 6.07) is 21.8. The highest BCUT2D eigenvalue weighted by Crippen LogP contribution is 2.33. The van der Waals surface area contributed by atoms with E-state index in [0.717, 1.165) is 32.5 Å². The van der Waals surface area contributed by atoms with Crippen molar-refractivity contribution < 1.29 is 14.3 Å². The van der Waals surface area contributed by atoms with Crippen molar-refractivity contribution in [2.45, 2.75) is 71.6 Å². The van der Waals surface area contributed by atoms with E-state index in [2.05, 4.69) is 84.3 Å². The van der Waals surface area contributed by atoms with Gasteiger partial charge in [0.25, 0.3) is 0 Å². The van der Waals surface area contributed by atoms with Crippen molar-refractivity contribution in [1.29, 1.82) is 0 Å². The van der Waals surface area contributed by atoms with Crippen LogP contribution >= 0.6 is 0 Å². The highest BCUT2D eigenvalue weighted by atomic mass is 16.6. The Morgan fingerprint density at radius 1 is 0.868 bits per heavy atom. The van der Waals surface area contributed by atoms with Gasteiger partial charge >= 0.3 is 6.09 Å². The van der Waals surface area contributed by atoms with Gasteiger partial charge in [-0.05, 0) is 56.6 Å². The number of ether oxygens (including phenoxy) is 1. The van der Waals surface area contributed by atoms with Crippen LogP contribution in [0, 0.1) is 11.8 Å². The first-order valence-corrected chi connectivity index (χ1v) is 14.2. The first-order valence-electron chi connectivity index (χ1n) is 14.2. The largest absolute Gasteiger partial charge is 0.444 e. The number of carbonyl (C=O) groups is 2. The third-order valence-electron chi connectivity index (χ3n) is 7.87. The van der Waals surface area contributed by atoms with E-state index in [1.54, 1.807) is 4.90 Å². The molecule has 0 bridgehead atoms. The Kier molecular flexibility index (Phi) is 9.14. The molecule has 0 saturated carbocycles. The predicted octanol–water partition coefficient (Wildman–Crippen LogP) is 5.98. The standard InChI is InChI=1S/C32H45N3O3/c1-24(2)28-23-34(30(26-12-8-6-9-13-26)27-14-10-7-11-15-27)20-21-35(28)29(36)22-25-16-18-33(19-17-25)31(37)38-32(3,4)5/h6-15,24-25,28,30H,16-23H2,1-5H3/t28-/m1/s1. The van der Waals surface area contributed by atoms with Crippen molar-refractivity contribution in [3.63, 3.8) is 0 Å². The molecule has 0 radical (unpaired) electrons. The van der Waals surface area contributed by atoms with E-state index in [1.807, 2.05) is 20.8 Å². The van der Waals surface area contributed by atoms with Gasteiger partial charge in [0.15, 0.2) is 0 Å². The van der Waals surface area contributed by atoms with Crippen molar-refractivity contribution in [3.05, 3.63) is 71.8 Å². The maximum absolute atomic E-state index is 13.6. The minimum absolute atomic E-state index is 0.174. The average Bonchev–Trinajstić information content (AvgIpc) is 2.89. The van der Waals surface area contributed by atoms with Crippen LogP contribution in [0.3, 0.4) is 0 Å². The molecule has 0 spiro atoms. The van der Waals surface area contributed by atoms with E-state index in [4.69, 9.17) is 4.74 Å². The molecule has 206 valence electrons. The summed E-state index contributed by atoms with van der Waals surface area (Å²) in [5.41, 5.74) is 2.09. The number of nitrogens with zero attached hydrogens (tertiary/aromatic N) is 3. The molecule has 1 atom stereocenters. The molecule has 4 rings (SSSR count). The van der Waals surface area contributed by atoms with Crippen LogP contribution in [0.15, 0.2) is 60.7 Å². The maximum Gasteiger partial charge on any atom is 0.410 e. The maximum atomic E-state index is 13.6. The molecular weight excluding hydrogens is 474 g/mol. The lowest BCUT2D eigenvalue weighted by molar-refractivity contribution is -0.139. The van der Waals surface area contributed by atoms with Gasteiger partial charge in [0.05, 0.1) is 6.04 Å². The van der Waals surface area contributed by atoms with Crippen LogP contribution in [0.25, 0.3) is 0 Å². The fourth-order valence-corrected chi connectivity index (χ4v) is 5.84. The lowest BCUT2D eigenvalue weighted by Gasteiger charge is -2.47. The van der Waals surface area contributed by atoms with Gasteiger partial charge in [0, 0.05) is 45.2 Å². The van der Waals surface area contributed by atoms with Crippen molar-refractivity contribution in [3.8, 4) is 0 Å². The number of rotatable bonds is 6. The quantitative estimate of drug-likeness (QED) is 0.471. The molecule has 2 fully saturated rings. The second kappa shape index (κ2) is 12.3. The Hall–Kier alpha value is -2.86. The predicted molar refractivity (Wildman–Crippen MR) is 152 cm³/mol. The minimum atomic E-state index is -0.488. The molecule has 2 aromatic rings. The molecule has 2 aromatic carbocycles. The highest BCUT2D eigenvalue weighted by molar-refractivity contribution is 5.77. The third kappa shape index (κ3) is 7.16. The van der Waals surface area contributed by atoms with E-state index in [0.29, 0.717) is 31.3 Å². The summed E-state index contributed by atoms with van der Waals surface area (Å²) >= 11 is 0. The Morgan fingerprint density at radius 3 is 1.92 bits per heavy atom. The Morgan fingerprint density at radius 2 is 1.42 bits per heavy atom. The number of amides is 2. The highest BCUT2D eigenvalue weighted by Gasteiger charge is 2.37. The number of piperazine rings is 1. The SMILES string of the molecule is CC(C)[C@H]1CN(C(c2ccccc2)c2ccccc2)CCN1C(=O)CC1CCN(C(=O)OC(C)(C)C)CC1. The van der Waals surface area contributed by atoms with Crippen molar-refractivity contribution in [1.82, 2.24) is 14.7 Å². The molecule has 2 amide bonds. The minimum Gasteiger partial charge on any atom is -0.444 e. The van der Waals surface area contributed by atoms with Gasteiger partial charge in [-0.2, -0.15) is 0 Å². The molecule has 2 heterocycles. The summed E-state index contributed by atoms with van der Waals surface area (Å²) in [4.78, 5) is 32.5. The van der Waals surface area contributed by atoms with E-state index in [-0.39, 0.29) is 24.1 Å². The van der Waals surface area contributed by atoms with E-state index < -0.39 is 5.60 Å². The van der Waals surface area contributed by atoms with Gasteiger partial charge in [-0.25, -0.2) is 4.79 Å². The summed E-state index contributed by atoms with van der Waals surface area (Å²) in [5, 5.41) is 0. The van der Waals surface area contributed by atoms with E-state index >= 15 is 0 Å². The molecule has 0 unspecified atom stereocenters. The number of hydrogen-bond acceptors (Lipinski definition) is 4. The van der Waals surface area contributed by atoms with Crippen LogP contribution in [0.4, 0.5) is 4.79 Å². The van der Waals surface area contributed by atoms with Gasteiger partial charge in [0.1, 0.15) is 5.60 Å². The monoisotopic (exact) mass is 519 g/mol.